The molecule has 3 rings (SSSR count). The molecule has 0 aliphatic carbocycles. The van der Waals surface area contributed by atoms with Crippen LogP contribution >= 0.6 is 0 Å². The van der Waals surface area contributed by atoms with E-state index in [1.165, 1.54) is 0 Å². The van der Waals surface area contributed by atoms with Crippen LogP contribution < -0.4 is 5.32 Å². The summed E-state index contributed by atoms with van der Waals surface area (Å²) in [6.45, 7) is 0.150. The highest BCUT2D eigenvalue weighted by Crippen LogP contribution is 2.19. The fourth-order valence-electron chi connectivity index (χ4n) is 2.65. The van der Waals surface area contributed by atoms with Gasteiger partial charge in [0.2, 0.25) is 0 Å². The molecular formula is C21H19NO3. The zero-order chi connectivity index (χ0) is 17.5. The van der Waals surface area contributed by atoms with Crippen LogP contribution in [0.2, 0.25) is 0 Å². The van der Waals surface area contributed by atoms with Gasteiger partial charge in [0.05, 0.1) is 6.42 Å². The number of hydrogen-bond donors (Lipinski definition) is 1. The summed E-state index contributed by atoms with van der Waals surface area (Å²) in [7, 11) is 0. The topological polar surface area (TPSA) is 55.4 Å². The van der Waals surface area contributed by atoms with Gasteiger partial charge in [-0.3, -0.25) is 9.59 Å². The summed E-state index contributed by atoms with van der Waals surface area (Å²) >= 11 is 0. The lowest BCUT2D eigenvalue weighted by molar-refractivity contribution is -0.147. The number of nitrogens with one attached hydrogen (secondary N) is 1. The molecule has 0 aromatic heterocycles. The Bertz CT molecular complexity index is 869. The van der Waals surface area contributed by atoms with Crippen molar-refractivity contribution in [2.45, 2.75) is 13.0 Å². The smallest absolute Gasteiger partial charge is 0.310 e. The van der Waals surface area contributed by atoms with E-state index in [9.17, 15) is 9.59 Å². The standard InChI is InChI=1S/C21H19NO3/c23-20(22-14-16-7-2-1-3-8-16)15-25-21(24)13-18-11-6-10-17-9-4-5-12-19(17)18/h1-12H,13-15H2,(H,22,23). The Hall–Kier alpha value is -3.14. The highest BCUT2D eigenvalue weighted by atomic mass is 16.5. The zero-order valence-electron chi connectivity index (χ0n) is 13.8. The van der Waals surface area contributed by atoms with E-state index in [1.54, 1.807) is 0 Å². The minimum Gasteiger partial charge on any atom is -0.455 e. The van der Waals surface area contributed by atoms with E-state index in [4.69, 9.17) is 4.74 Å². The van der Waals surface area contributed by atoms with Crippen molar-refractivity contribution < 1.29 is 14.3 Å². The van der Waals surface area contributed by atoms with Gasteiger partial charge in [-0.05, 0) is 21.9 Å². The largest absolute Gasteiger partial charge is 0.455 e. The molecule has 0 atom stereocenters. The molecule has 0 heterocycles. The van der Waals surface area contributed by atoms with E-state index in [0.29, 0.717) is 6.54 Å². The lowest BCUT2D eigenvalue weighted by Crippen LogP contribution is -2.28. The van der Waals surface area contributed by atoms with E-state index in [-0.39, 0.29) is 18.9 Å². The minimum absolute atomic E-state index is 0.146. The lowest BCUT2D eigenvalue weighted by Gasteiger charge is -2.08. The number of hydrogen-bond acceptors (Lipinski definition) is 3. The predicted molar refractivity (Wildman–Crippen MR) is 96.9 cm³/mol. The number of ether oxygens (including phenoxy) is 1. The molecule has 0 unspecified atom stereocenters. The van der Waals surface area contributed by atoms with Gasteiger partial charge in [-0.1, -0.05) is 72.8 Å². The Balaban J connectivity index is 1.50. The molecule has 3 aromatic carbocycles. The van der Waals surface area contributed by atoms with Gasteiger partial charge < -0.3 is 10.1 Å². The van der Waals surface area contributed by atoms with Crippen LogP contribution in [-0.4, -0.2) is 18.5 Å². The van der Waals surface area contributed by atoms with Gasteiger partial charge in [-0.15, -0.1) is 0 Å². The third kappa shape index (κ3) is 4.67. The van der Waals surface area contributed by atoms with Gasteiger partial charge in [0, 0.05) is 6.54 Å². The summed E-state index contributed by atoms with van der Waals surface area (Å²) in [5, 5.41) is 4.83. The third-order valence-corrected chi connectivity index (χ3v) is 3.91. The highest BCUT2D eigenvalue weighted by molar-refractivity contribution is 5.89. The quantitative estimate of drug-likeness (QED) is 0.705. The van der Waals surface area contributed by atoms with Crippen LogP contribution in [0, 0.1) is 0 Å². The maximum absolute atomic E-state index is 12.0. The fraction of sp³-hybridized carbons (Fsp3) is 0.143. The Morgan fingerprint density at radius 1 is 0.840 bits per heavy atom. The summed E-state index contributed by atoms with van der Waals surface area (Å²) in [5.41, 5.74) is 1.89. The molecule has 3 aromatic rings. The van der Waals surface area contributed by atoms with E-state index in [2.05, 4.69) is 5.32 Å². The molecular weight excluding hydrogens is 314 g/mol. The van der Waals surface area contributed by atoms with Crippen molar-refractivity contribution in [2.75, 3.05) is 6.61 Å². The van der Waals surface area contributed by atoms with Gasteiger partial charge in [0.1, 0.15) is 0 Å². The normalized spacial score (nSPS) is 10.4. The molecule has 0 saturated heterocycles. The molecule has 1 amide bonds. The van der Waals surface area contributed by atoms with Crippen molar-refractivity contribution in [2.24, 2.45) is 0 Å². The van der Waals surface area contributed by atoms with Crippen LogP contribution in [0.1, 0.15) is 11.1 Å². The van der Waals surface area contributed by atoms with Gasteiger partial charge in [-0.25, -0.2) is 0 Å². The zero-order valence-corrected chi connectivity index (χ0v) is 13.8. The first-order valence-electron chi connectivity index (χ1n) is 8.15. The second-order valence-electron chi connectivity index (χ2n) is 5.74. The average molecular weight is 333 g/mol. The van der Waals surface area contributed by atoms with Crippen molar-refractivity contribution in [1.29, 1.82) is 0 Å². The van der Waals surface area contributed by atoms with E-state index in [0.717, 1.165) is 21.9 Å². The van der Waals surface area contributed by atoms with Crippen molar-refractivity contribution in [1.82, 2.24) is 5.32 Å². The van der Waals surface area contributed by atoms with Crippen LogP contribution in [0.3, 0.4) is 0 Å². The van der Waals surface area contributed by atoms with Crippen molar-refractivity contribution in [3.63, 3.8) is 0 Å². The monoisotopic (exact) mass is 333 g/mol. The number of esters is 1. The van der Waals surface area contributed by atoms with Crippen LogP contribution in [0.25, 0.3) is 10.8 Å². The maximum Gasteiger partial charge on any atom is 0.310 e. The van der Waals surface area contributed by atoms with Gasteiger partial charge in [0.15, 0.2) is 6.61 Å². The fourth-order valence-corrected chi connectivity index (χ4v) is 2.65. The molecule has 0 aliphatic rings. The molecule has 0 radical (unpaired) electrons. The van der Waals surface area contributed by atoms with Crippen molar-refractivity contribution in [3.8, 4) is 0 Å². The number of carbonyl (C=O) groups is 2. The number of rotatable bonds is 6. The van der Waals surface area contributed by atoms with E-state index in [1.807, 2.05) is 72.8 Å². The molecule has 1 N–H and O–H groups in total. The first kappa shape index (κ1) is 16.7. The van der Waals surface area contributed by atoms with Crippen molar-refractivity contribution in [3.05, 3.63) is 83.9 Å². The number of benzene rings is 3. The van der Waals surface area contributed by atoms with Gasteiger partial charge >= 0.3 is 5.97 Å². The van der Waals surface area contributed by atoms with Crippen LogP contribution in [0.15, 0.2) is 72.8 Å². The molecule has 126 valence electrons. The third-order valence-electron chi connectivity index (χ3n) is 3.91. The van der Waals surface area contributed by atoms with Crippen LogP contribution in [0.5, 0.6) is 0 Å². The Labute approximate surface area is 146 Å². The molecule has 0 fully saturated rings. The minimum atomic E-state index is -0.411. The Kier molecular flexibility index (Phi) is 5.42. The Morgan fingerprint density at radius 3 is 2.40 bits per heavy atom. The molecule has 4 nitrogen and oxygen atoms in total. The molecule has 0 aliphatic heterocycles. The van der Waals surface area contributed by atoms with Crippen molar-refractivity contribution >= 4 is 22.6 Å². The highest BCUT2D eigenvalue weighted by Gasteiger charge is 2.10. The molecule has 0 spiro atoms. The van der Waals surface area contributed by atoms with E-state index < -0.39 is 5.97 Å². The lowest BCUT2D eigenvalue weighted by atomic mass is 10.0. The first-order valence-corrected chi connectivity index (χ1v) is 8.15. The maximum atomic E-state index is 12.0. The predicted octanol–water partition coefficient (Wildman–Crippen LogP) is 3.24. The number of fused-ring (bicyclic) bond motifs is 1. The first-order chi connectivity index (χ1) is 12.2. The number of carbonyl (C=O) groups excluding carboxylic acids is 2. The summed E-state index contributed by atoms with van der Waals surface area (Å²) in [6.07, 6.45) is 0.146. The molecule has 0 bridgehead atoms. The van der Waals surface area contributed by atoms with E-state index >= 15 is 0 Å². The second-order valence-corrected chi connectivity index (χ2v) is 5.74. The Morgan fingerprint density at radius 2 is 1.56 bits per heavy atom. The molecule has 25 heavy (non-hydrogen) atoms. The molecule has 0 saturated carbocycles. The summed E-state index contributed by atoms with van der Waals surface area (Å²) in [4.78, 5) is 23.8. The SMILES string of the molecule is O=C(COC(=O)Cc1cccc2ccccc12)NCc1ccccc1. The second kappa shape index (κ2) is 8.11. The average Bonchev–Trinajstić information content (AvgIpc) is 2.66. The molecule has 4 heteroatoms. The summed E-state index contributed by atoms with van der Waals surface area (Å²) in [5.74, 6) is -0.721. The van der Waals surface area contributed by atoms with Crippen LogP contribution in [-0.2, 0) is 27.3 Å². The number of amides is 1. The van der Waals surface area contributed by atoms with Crippen LogP contribution in [0.4, 0.5) is 0 Å². The summed E-state index contributed by atoms with van der Waals surface area (Å²) < 4.78 is 5.09. The van der Waals surface area contributed by atoms with Gasteiger partial charge in [0.25, 0.3) is 5.91 Å². The van der Waals surface area contributed by atoms with Gasteiger partial charge in [-0.2, -0.15) is 0 Å². The summed E-state index contributed by atoms with van der Waals surface area (Å²) in [6, 6.07) is 23.3.